The molecule has 0 aromatic heterocycles. The summed E-state index contributed by atoms with van der Waals surface area (Å²) >= 11 is 0. The molecule has 1 atom stereocenters. The van der Waals surface area contributed by atoms with Crippen molar-refractivity contribution in [2.75, 3.05) is 39.2 Å². The molecular weight excluding hydrogens is 506 g/mol. The minimum Gasteiger partial charge on any atom is -0.453 e. The average Bonchev–Trinajstić information content (AvgIpc) is 3.35. The number of benzene rings is 1. The van der Waals surface area contributed by atoms with E-state index in [9.17, 15) is 18.4 Å². The number of rotatable bonds is 8. The topological polar surface area (TPSA) is 92.3 Å². The molecule has 0 radical (unpaired) electrons. The molecule has 3 heterocycles. The van der Waals surface area contributed by atoms with E-state index in [-0.39, 0.29) is 30.3 Å². The molecule has 10 heteroatoms. The molecule has 3 aliphatic heterocycles. The number of nitrogens with one attached hydrogen (secondary N) is 2. The van der Waals surface area contributed by atoms with Crippen LogP contribution in [0.5, 0.6) is 0 Å². The van der Waals surface area contributed by atoms with Crippen LogP contribution in [0, 0.1) is 5.92 Å². The van der Waals surface area contributed by atoms with Crippen LogP contribution in [0.4, 0.5) is 19.3 Å². The molecule has 0 bridgehead atoms. The fraction of sp³-hybridized carbons (Fsp3) is 0.414. The Bertz CT molecular complexity index is 1260. The van der Waals surface area contributed by atoms with Crippen LogP contribution in [-0.4, -0.2) is 62.6 Å². The molecule has 2 N–H and O–H groups in total. The fourth-order valence-electron chi connectivity index (χ4n) is 4.86. The third-order valence-electron chi connectivity index (χ3n) is 7.03. The van der Waals surface area contributed by atoms with Crippen molar-refractivity contribution in [3.8, 4) is 0 Å². The highest BCUT2D eigenvalue weighted by Gasteiger charge is 2.37. The lowest BCUT2D eigenvalue weighted by molar-refractivity contribution is -0.0494. The van der Waals surface area contributed by atoms with Crippen LogP contribution in [-0.2, 0) is 9.47 Å². The van der Waals surface area contributed by atoms with Crippen LogP contribution in [0.15, 0.2) is 65.0 Å². The van der Waals surface area contributed by atoms with E-state index in [1.165, 1.54) is 12.0 Å². The Morgan fingerprint density at radius 2 is 2.03 bits per heavy atom. The first-order chi connectivity index (χ1) is 18.8. The monoisotopic (exact) mass is 540 g/mol. The second-order valence-electron chi connectivity index (χ2n) is 9.66. The van der Waals surface area contributed by atoms with Gasteiger partial charge in [0.2, 0.25) is 0 Å². The largest absolute Gasteiger partial charge is 0.453 e. The molecule has 1 aromatic rings. The molecule has 3 aliphatic rings. The number of likely N-dealkylation sites (tertiary alicyclic amines) is 1. The SMILES string of the molecule is CC/C=C\C=C(/COC)C1=CNC2=NC=C(c3ccc(NC(=O)OC)c(C(=O)N4CCC(F)(F)CC4)c3)CC12. The number of hydrogen-bond donors (Lipinski definition) is 2. The highest BCUT2D eigenvalue weighted by molar-refractivity contribution is 6.04. The van der Waals surface area contributed by atoms with Crippen LogP contribution in [0.2, 0.25) is 0 Å². The molecule has 1 saturated heterocycles. The minimum atomic E-state index is -2.78. The van der Waals surface area contributed by atoms with Crippen LogP contribution in [0.3, 0.4) is 0 Å². The third-order valence-corrected chi connectivity index (χ3v) is 7.03. The zero-order chi connectivity index (χ0) is 28.0. The van der Waals surface area contributed by atoms with Crippen LogP contribution >= 0.6 is 0 Å². The number of halogens is 2. The van der Waals surface area contributed by atoms with Gasteiger partial charge in [-0.2, -0.15) is 0 Å². The van der Waals surface area contributed by atoms with Crippen molar-refractivity contribution in [2.45, 2.75) is 38.5 Å². The number of amidine groups is 1. The van der Waals surface area contributed by atoms with Gasteiger partial charge < -0.3 is 19.7 Å². The smallest absolute Gasteiger partial charge is 0.411 e. The maximum atomic E-state index is 13.7. The predicted octanol–water partition coefficient (Wildman–Crippen LogP) is 5.52. The van der Waals surface area contributed by atoms with Crippen LogP contribution < -0.4 is 10.6 Å². The van der Waals surface area contributed by atoms with Crippen molar-refractivity contribution < 1.29 is 27.8 Å². The van der Waals surface area contributed by atoms with Gasteiger partial charge in [-0.15, -0.1) is 0 Å². The molecule has 1 fully saturated rings. The van der Waals surface area contributed by atoms with E-state index >= 15 is 0 Å². The van der Waals surface area contributed by atoms with Gasteiger partial charge in [0.25, 0.3) is 11.8 Å². The zero-order valence-corrected chi connectivity index (χ0v) is 22.4. The summed E-state index contributed by atoms with van der Waals surface area (Å²) in [5.41, 5.74) is 4.25. The number of carbonyl (C=O) groups is 2. The van der Waals surface area contributed by atoms with Crippen molar-refractivity contribution in [1.82, 2.24) is 10.2 Å². The molecular formula is C29H34F2N4O4. The number of alkyl halides is 2. The number of methoxy groups -OCH3 is 2. The number of ether oxygens (including phenoxy) is 2. The number of carbonyl (C=O) groups excluding carboxylic acids is 2. The van der Waals surface area contributed by atoms with Gasteiger partial charge in [0.05, 0.1) is 25.0 Å². The quantitative estimate of drug-likeness (QED) is 0.424. The summed E-state index contributed by atoms with van der Waals surface area (Å²) < 4.78 is 37.6. The standard InChI is InChI=1S/C29H34F2N4O4/c1-4-5-6-7-20(18-38-2)24-17-33-26-22(24)15-21(16-32-26)19-8-9-25(34-28(37)39-3)23(14-19)27(36)35-12-10-29(30,31)11-13-35/h5-9,14,16-17,22H,4,10-13,15,18H2,1-3H3,(H,32,33)(H,34,37)/b6-5-,20-7+. The van der Waals surface area contributed by atoms with Gasteiger partial charge in [-0.3, -0.25) is 10.1 Å². The van der Waals surface area contributed by atoms with E-state index < -0.39 is 30.8 Å². The Balaban J connectivity index is 1.62. The van der Waals surface area contributed by atoms with Crippen molar-refractivity contribution >= 4 is 29.1 Å². The zero-order valence-electron chi connectivity index (χ0n) is 22.4. The molecule has 39 heavy (non-hydrogen) atoms. The number of piperidine rings is 1. The Morgan fingerprint density at radius 1 is 1.26 bits per heavy atom. The summed E-state index contributed by atoms with van der Waals surface area (Å²) in [4.78, 5) is 31.4. The molecule has 208 valence electrons. The van der Waals surface area contributed by atoms with Gasteiger partial charge in [0.15, 0.2) is 0 Å². The third kappa shape index (κ3) is 6.62. The first kappa shape index (κ1) is 28.2. The lowest BCUT2D eigenvalue weighted by Crippen LogP contribution is -2.43. The van der Waals surface area contributed by atoms with Crippen molar-refractivity contribution in [1.29, 1.82) is 0 Å². The number of fused-ring (bicyclic) bond motifs is 1. The maximum Gasteiger partial charge on any atom is 0.411 e. The van der Waals surface area contributed by atoms with Crippen molar-refractivity contribution in [2.24, 2.45) is 10.9 Å². The molecule has 1 aromatic carbocycles. The van der Waals surface area contributed by atoms with E-state index in [0.29, 0.717) is 13.0 Å². The number of aliphatic imine (C=N–C) groups is 1. The summed E-state index contributed by atoms with van der Waals surface area (Å²) in [6, 6.07) is 5.13. The van der Waals surface area contributed by atoms with Crippen LogP contribution in [0.25, 0.3) is 5.57 Å². The number of nitrogens with zero attached hydrogens (tertiary/aromatic N) is 2. The maximum absolute atomic E-state index is 13.7. The second-order valence-corrected chi connectivity index (χ2v) is 9.66. The first-order valence-corrected chi connectivity index (χ1v) is 13.0. The van der Waals surface area contributed by atoms with Crippen molar-refractivity contribution in [3.63, 3.8) is 0 Å². The van der Waals surface area contributed by atoms with E-state index in [4.69, 9.17) is 9.47 Å². The Morgan fingerprint density at radius 3 is 2.72 bits per heavy atom. The number of allylic oxidation sites excluding steroid dienone is 4. The minimum absolute atomic E-state index is 0.0159. The fourth-order valence-corrected chi connectivity index (χ4v) is 4.86. The molecule has 0 aliphatic carbocycles. The first-order valence-electron chi connectivity index (χ1n) is 13.0. The molecule has 1 unspecified atom stereocenters. The van der Waals surface area contributed by atoms with Crippen molar-refractivity contribution in [3.05, 3.63) is 71.1 Å². The van der Waals surface area contributed by atoms with Gasteiger partial charge in [0.1, 0.15) is 5.84 Å². The highest BCUT2D eigenvalue weighted by atomic mass is 19.3. The summed E-state index contributed by atoms with van der Waals surface area (Å²) in [7, 11) is 2.89. The Kier molecular flexibility index (Phi) is 8.96. The Hall–Kier alpha value is -3.79. The second kappa shape index (κ2) is 12.4. The Labute approximate surface area is 227 Å². The molecule has 8 nitrogen and oxygen atoms in total. The number of anilines is 1. The molecule has 2 amide bonds. The number of hydrogen-bond acceptors (Lipinski definition) is 6. The lowest BCUT2D eigenvalue weighted by Gasteiger charge is -2.32. The highest BCUT2D eigenvalue weighted by Crippen LogP contribution is 2.38. The van der Waals surface area contributed by atoms with Gasteiger partial charge in [-0.05, 0) is 47.3 Å². The predicted molar refractivity (Wildman–Crippen MR) is 147 cm³/mol. The summed E-state index contributed by atoms with van der Waals surface area (Å²) in [5.74, 6) is -2.38. The summed E-state index contributed by atoms with van der Waals surface area (Å²) in [6.07, 6.45) is 9.91. The normalized spacial score (nSPS) is 20.5. The lowest BCUT2D eigenvalue weighted by atomic mass is 9.85. The van der Waals surface area contributed by atoms with Gasteiger partial charge in [0, 0.05) is 51.4 Å². The summed E-state index contributed by atoms with van der Waals surface area (Å²) in [6.45, 7) is 2.40. The van der Waals surface area contributed by atoms with E-state index in [2.05, 4.69) is 28.6 Å². The van der Waals surface area contributed by atoms with E-state index in [0.717, 1.165) is 34.5 Å². The van der Waals surface area contributed by atoms with Gasteiger partial charge >= 0.3 is 6.09 Å². The van der Waals surface area contributed by atoms with Gasteiger partial charge in [-0.1, -0.05) is 31.2 Å². The average molecular weight is 541 g/mol. The van der Waals surface area contributed by atoms with E-state index in [1.807, 2.05) is 18.4 Å². The molecule has 4 rings (SSSR count). The summed E-state index contributed by atoms with van der Waals surface area (Å²) in [5, 5.41) is 5.84. The van der Waals surface area contributed by atoms with E-state index in [1.54, 1.807) is 31.5 Å². The van der Waals surface area contributed by atoms with Gasteiger partial charge in [-0.25, -0.2) is 18.6 Å². The molecule has 0 spiro atoms. The van der Waals surface area contributed by atoms with Crippen LogP contribution in [0.1, 0.15) is 48.5 Å². The number of amides is 2. The molecule has 0 saturated carbocycles.